The summed E-state index contributed by atoms with van der Waals surface area (Å²) in [6, 6.07) is 12.4. The van der Waals surface area contributed by atoms with Gasteiger partial charge in [-0.05, 0) is 25.0 Å². The molecule has 27 heavy (non-hydrogen) atoms. The molecule has 3 atom stereocenters. The standard InChI is InChI=1S/C22H25NO4/c1-14-21(15-7-3-4-8-17(15)24-2)16-11-19-20(26-13-25-19)12-18(16)27-22(14)23-9-5-6-10-23/h3-4,7-8,11-12,14,21-22H,5-6,9-10,13H2,1-2H3. The van der Waals surface area contributed by atoms with Crippen LogP contribution in [0.5, 0.6) is 23.0 Å². The van der Waals surface area contributed by atoms with Gasteiger partial charge in [0.1, 0.15) is 11.5 Å². The molecule has 0 bridgehead atoms. The zero-order valence-electron chi connectivity index (χ0n) is 15.8. The third-order valence-electron chi connectivity index (χ3n) is 6.04. The largest absolute Gasteiger partial charge is 0.496 e. The van der Waals surface area contributed by atoms with Gasteiger partial charge in [0.15, 0.2) is 17.7 Å². The maximum absolute atomic E-state index is 6.53. The minimum atomic E-state index is 0.0512. The Bertz CT molecular complexity index is 846. The highest BCUT2D eigenvalue weighted by Crippen LogP contribution is 2.51. The van der Waals surface area contributed by atoms with Crippen LogP contribution in [0.1, 0.15) is 36.8 Å². The fraction of sp³-hybridized carbons (Fsp3) is 0.455. The van der Waals surface area contributed by atoms with Crippen molar-refractivity contribution in [2.75, 3.05) is 27.0 Å². The molecule has 0 radical (unpaired) electrons. The number of benzene rings is 2. The molecule has 2 aromatic rings. The Hall–Kier alpha value is -2.40. The molecule has 0 N–H and O–H groups in total. The average molecular weight is 367 g/mol. The summed E-state index contributed by atoms with van der Waals surface area (Å²) in [6.07, 6.45) is 2.52. The first-order valence-corrected chi connectivity index (χ1v) is 9.73. The Balaban J connectivity index is 1.65. The fourth-order valence-corrected chi connectivity index (χ4v) is 4.75. The molecule has 2 aromatic carbocycles. The first-order chi connectivity index (χ1) is 13.3. The van der Waals surface area contributed by atoms with Gasteiger partial charge in [0.2, 0.25) is 6.79 Å². The normalized spacial score (nSPS) is 26.5. The number of methoxy groups -OCH3 is 1. The lowest BCUT2D eigenvalue weighted by molar-refractivity contribution is -0.0180. The van der Waals surface area contributed by atoms with Gasteiger partial charge in [0.05, 0.1) is 7.11 Å². The second-order valence-corrected chi connectivity index (χ2v) is 7.57. The minimum absolute atomic E-state index is 0.0512. The van der Waals surface area contributed by atoms with E-state index in [2.05, 4.69) is 30.0 Å². The number of nitrogens with zero attached hydrogens (tertiary/aromatic N) is 1. The first kappa shape index (κ1) is 16.8. The lowest BCUT2D eigenvalue weighted by atomic mass is 9.77. The maximum Gasteiger partial charge on any atom is 0.231 e. The Morgan fingerprint density at radius 2 is 1.70 bits per heavy atom. The number of para-hydroxylation sites is 1. The molecular formula is C22H25NO4. The van der Waals surface area contributed by atoms with Crippen LogP contribution in [-0.2, 0) is 0 Å². The lowest BCUT2D eigenvalue weighted by Gasteiger charge is -2.42. The summed E-state index contributed by atoms with van der Waals surface area (Å²) in [6.45, 7) is 4.73. The molecule has 5 rings (SSSR count). The topological polar surface area (TPSA) is 40.2 Å². The highest BCUT2D eigenvalue weighted by molar-refractivity contribution is 5.57. The highest BCUT2D eigenvalue weighted by Gasteiger charge is 2.42. The van der Waals surface area contributed by atoms with Crippen LogP contribution in [0.2, 0.25) is 0 Å². The van der Waals surface area contributed by atoms with Gasteiger partial charge in [-0.25, -0.2) is 0 Å². The van der Waals surface area contributed by atoms with Gasteiger partial charge in [0.25, 0.3) is 0 Å². The number of hydrogen-bond donors (Lipinski definition) is 0. The Morgan fingerprint density at radius 1 is 0.963 bits per heavy atom. The van der Waals surface area contributed by atoms with Crippen molar-refractivity contribution in [1.29, 1.82) is 0 Å². The summed E-state index contributed by atoms with van der Waals surface area (Å²) >= 11 is 0. The van der Waals surface area contributed by atoms with Gasteiger partial charge in [0, 0.05) is 42.1 Å². The third kappa shape index (κ3) is 2.72. The van der Waals surface area contributed by atoms with Crippen molar-refractivity contribution in [1.82, 2.24) is 4.90 Å². The van der Waals surface area contributed by atoms with Crippen molar-refractivity contribution in [3.05, 3.63) is 47.5 Å². The van der Waals surface area contributed by atoms with E-state index in [-0.39, 0.29) is 24.9 Å². The fourth-order valence-electron chi connectivity index (χ4n) is 4.75. The van der Waals surface area contributed by atoms with E-state index in [1.807, 2.05) is 18.2 Å². The smallest absolute Gasteiger partial charge is 0.231 e. The molecule has 142 valence electrons. The molecule has 0 aromatic heterocycles. The van der Waals surface area contributed by atoms with Crippen LogP contribution in [0.25, 0.3) is 0 Å². The van der Waals surface area contributed by atoms with E-state index in [0.29, 0.717) is 0 Å². The van der Waals surface area contributed by atoms with Gasteiger partial charge in [-0.15, -0.1) is 0 Å². The second-order valence-electron chi connectivity index (χ2n) is 7.57. The summed E-state index contributed by atoms with van der Waals surface area (Å²) < 4.78 is 23.5. The molecule has 3 heterocycles. The molecule has 3 aliphatic heterocycles. The van der Waals surface area contributed by atoms with Crippen molar-refractivity contribution < 1.29 is 18.9 Å². The molecule has 0 amide bonds. The van der Waals surface area contributed by atoms with Crippen LogP contribution < -0.4 is 18.9 Å². The molecule has 1 fully saturated rings. The van der Waals surface area contributed by atoms with Crippen LogP contribution in [0.4, 0.5) is 0 Å². The third-order valence-corrected chi connectivity index (χ3v) is 6.04. The predicted octanol–water partition coefficient (Wildman–Crippen LogP) is 4.01. The molecule has 3 unspecified atom stereocenters. The van der Waals surface area contributed by atoms with Crippen LogP contribution in [-0.4, -0.2) is 38.1 Å². The van der Waals surface area contributed by atoms with Gasteiger partial charge < -0.3 is 18.9 Å². The number of fused-ring (bicyclic) bond motifs is 2. The van der Waals surface area contributed by atoms with E-state index in [9.17, 15) is 0 Å². The van der Waals surface area contributed by atoms with Crippen LogP contribution >= 0.6 is 0 Å². The second kappa shape index (κ2) is 6.64. The quantitative estimate of drug-likeness (QED) is 0.820. The summed E-state index contributed by atoms with van der Waals surface area (Å²) in [7, 11) is 1.74. The summed E-state index contributed by atoms with van der Waals surface area (Å²) in [4.78, 5) is 2.47. The van der Waals surface area contributed by atoms with Crippen LogP contribution in [0.3, 0.4) is 0 Å². The summed E-state index contributed by atoms with van der Waals surface area (Å²) in [5.74, 6) is 3.83. The van der Waals surface area contributed by atoms with Crippen molar-refractivity contribution in [2.24, 2.45) is 5.92 Å². The van der Waals surface area contributed by atoms with E-state index < -0.39 is 0 Å². The molecule has 0 spiro atoms. The van der Waals surface area contributed by atoms with E-state index in [1.54, 1.807) is 7.11 Å². The molecule has 5 heteroatoms. The van der Waals surface area contributed by atoms with Crippen LogP contribution in [0, 0.1) is 5.92 Å². The van der Waals surface area contributed by atoms with Gasteiger partial charge in [-0.2, -0.15) is 0 Å². The summed E-state index contributed by atoms with van der Waals surface area (Å²) in [5.41, 5.74) is 2.34. The molecule has 1 saturated heterocycles. The Morgan fingerprint density at radius 3 is 2.48 bits per heavy atom. The van der Waals surface area contributed by atoms with E-state index in [4.69, 9.17) is 18.9 Å². The molecule has 5 nitrogen and oxygen atoms in total. The molecular weight excluding hydrogens is 342 g/mol. The van der Waals surface area contributed by atoms with Crippen LogP contribution in [0.15, 0.2) is 36.4 Å². The van der Waals surface area contributed by atoms with Gasteiger partial charge >= 0.3 is 0 Å². The average Bonchev–Trinajstić information content (AvgIpc) is 3.37. The van der Waals surface area contributed by atoms with E-state index in [0.717, 1.165) is 41.7 Å². The van der Waals surface area contributed by atoms with Gasteiger partial charge in [-0.3, -0.25) is 4.90 Å². The predicted molar refractivity (Wildman–Crippen MR) is 102 cm³/mol. The lowest BCUT2D eigenvalue weighted by Crippen LogP contribution is -2.47. The zero-order valence-corrected chi connectivity index (χ0v) is 15.8. The number of likely N-dealkylation sites (tertiary alicyclic amines) is 1. The van der Waals surface area contributed by atoms with Gasteiger partial charge in [-0.1, -0.05) is 25.1 Å². The Labute approximate surface area is 159 Å². The minimum Gasteiger partial charge on any atom is -0.496 e. The SMILES string of the molecule is COc1ccccc1C1c2cc3c(cc2OC(N2CCCC2)C1C)OCO3. The molecule has 3 aliphatic rings. The first-order valence-electron chi connectivity index (χ1n) is 9.73. The number of hydrogen-bond acceptors (Lipinski definition) is 5. The Kier molecular flexibility index (Phi) is 4.12. The monoisotopic (exact) mass is 367 g/mol. The number of ether oxygens (including phenoxy) is 4. The van der Waals surface area contributed by atoms with E-state index in [1.165, 1.54) is 18.4 Å². The maximum atomic E-state index is 6.53. The molecule has 0 saturated carbocycles. The number of rotatable bonds is 3. The van der Waals surface area contributed by atoms with E-state index >= 15 is 0 Å². The van der Waals surface area contributed by atoms with Crippen molar-refractivity contribution in [3.63, 3.8) is 0 Å². The van der Waals surface area contributed by atoms with Crippen molar-refractivity contribution >= 4 is 0 Å². The highest BCUT2D eigenvalue weighted by atomic mass is 16.7. The van der Waals surface area contributed by atoms with Crippen molar-refractivity contribution in [3.8, 4) is 23.0 Å². The zero-order chi connectivity index (χ0) is 18.4. The molecule has 0 aliphatic carbocycles. The van der Waals surface area contributed by atoms with Crippen molar-refractivity contribution in [2.45, 2.75) is 31.9 Å². The summed E-state index contributed by atoms with van der Waals surface area (Å²) in [5, 5.41) is 0.